The van der Waals surface area contributed by atoms with Crippen molar-refractivity contribution in [2.75, 3.05) is 20.7 Å². The number of carbonyl (C=O) groups excluding carboxylic acids is 1. The van der Waals surface area contributed by atoms with E-state index in [4.69, 9.17) is 4.74 Å². The predicted molar refractivity (Wildman–Crippen MR) is 77.8 cm³/mol. The Morgan fingerprint density at radius 2 is 2.10 bits per heavy atom. The molecule has 4 heteroatoms. The maximum absolute atomic E-state index is 13.7. The number of benzene rings is 1. The highest BCUT2D eigenvalue weighted by Crippen LogP contribution is 2.21. The summed E-state index contributed by atoms with van der Waals surface area (Å²) in [5.74, 6) is -0.515. The smallest absolute Gasteiger partial charge is 0.333 e. The number of esters is 1. The largest absolute Gasteiger partial charge is 0.466 e. The van der Waals surface area contributed by atoms with Gasteiger partial charge in [-0.3, -0.25) is 4.90 Å². The van der Waals surface area contributed by atoms with Crippen molar-refractivity contribution in [1.29, 1.82) is 0 Å². The first-order chi connectivity index (χ1) is 9.51. The van der Waals surface area contributed by atoms with Crippen LogP contribution in [0.2, 0.25) is 0 Å². The van der Waals surface area contributed by atoms with E-state index in [0.29, 0.717) is 24.1 Å². The van der Waals surface area contributed by atoms with Crippen LogP contribution in [0.15, 0.2) is 35.9 Å². The second-order valence-electron chi connectivity index (χ2n) is 4.71. The zero-order valence-corrected chi connectivity index (χ0v) is 12.5. The van der Waals surface area contributed by atoms with E-state index in [-0.39, 0.29) is 17.8 Å². The van der Waals surface area contributed by atoms with E-state index in [0.717, 1.165) is 0 Å². The SMILES string of the molecule is CCC(=CCN(C)C(C)c1ccccc1F)C(=O)OC. The third kappa shape index (κ3) is 4.17. The van der Waals surface area contributed by atoms with Gasteiger partial charge in [0.25, 0.3) is 0 Å². The lowest BCUT2D eigenvalue weighted by atomic mass is 10.1. The summed E-state index contributed by atoms with van der Waals surface area (Å²) in [5, 5.41) is 0. The van der Waals surface area contributed by atoms with Crippen LogP contribution >= 0.6 is 0 Å². The fraction of sp³-hybridized carbons (Fsp3) is 0.438. The monoisotopic (exact) mass is 279 g/mol. The first kappa shape index (κ1) is 16.4. The van der Waals surface area contributed by atoms with Crippen LogP contribution in [0.5, 0.6) is 0 Å². The Kier molecular flexibility index (Phi) is 6.39. The molecule has 20 heavy (non-hydrogen) atoms. The van der Waals surface area contributed by atoms with Crippen molar-refractivity contribution in [1.82, 2.24) is 4.90 Å². The number of nitrogens with zero attached hydrogens (tertiary/aromatic N) is 1. The second kappa shape index (κ2) is 7.80. The Hall–Kier alpha value is -1.68. The molecule has 1 atom stereocenters. The molecule has 0 aliphatic rings. The predicted octanol–water partition coefficient (Wildman–Crippen LogP) is 3.33. The van der Waals surface area contributed by atoms with Gasteiger partial charge >= 0.3 is 5.97 Å². The van der Waals surface area contributed by atoms with Gasteiger partial charge in [0.15, 0.2) is 0 Å². The van der Waals surface area contributed by atoms with Gasteiger partial charge in [-0.2, -0.15) is 0 Å². The number of likely N-dealkylation sites (N-methyl/N-ethyl adjacent to an activating group) is 1. The van der Waals surface area contributed by atoms with Crippen LogP contribution in [0.25, 0.3) is 0 Å². The topological polar surface area (TPSA) is 29.5 Å². The Bertz CT molecular complexity index is 485. The summed E-state index contributed by atoms with van der Waals surface area (Å²) in [4.78, 5) is 13.5. The zero-order valence-electron chi connectivity index (χ0n) is 12.5. The molecule has 0 heterocycles. The normalized spacial score (nSPS) is 13.4. The molecular formula is C16H22FNO2. The Morgan fingerprint density at radius 3 is 2.65 bits per heavy atom. The third-order valence-corrected chi connectivity index (χ3v) is 3.47. The van der Waals surface area contributed by atoms with Crippen LogP contribution in [0.1, 0.15) is 31.9 Å². The third-order valence-electron chi connectivity index (χ3n) is 3.47. The summed E-state index contributed by atoms with van der Waals surface area (Å²) in [6.45, 7) is 4.41. The molecule has 0 saturated carbocycles. The standard InChI is InChI=1S/C16H22FNO2/c1-5-13(16(19)20-4)10-11-18(3)12(2)14-8-6-7-9-15(14)17/h6-10,12H,5,11H2,1-4H3. The molecule has 0 spiro atoms. The highest BCUT2D eigenvalue weighted by molar-refractivity contribution is 5.88. The van der Waals surface area contributed by atoms with Gasteiger partial charge in [-0.05, 0) is 26.5 Å². The molecule has 0 fully saturated rings. The molecule has 1 rings (SSSR count). The van der Waals surface area contributed by atoms with Crippen molar-refractivity contribution >= 4 is 5.97 Å². The van der Waals surface area contributed by atoms with Gasteiger partial charge < -0.3 is 4.74 Å². The number of ether oxygens (including phenoxy) is 1. The van der Waals surface area contributed by atoms with E-state index in [9.17, 15) is 9.18 Å². The van der Waals surface area contributed by atoms with Gasteiger partial charge in [0.2, 0.25) is 0 Å². The molecule has 1 aromatic rings. The van der Waals surface area contributed by atoms with E-state index >= 15 is 0 Å². The Labute approximate surface area is 120 Å². The number of carbonyl (C=O) groups is 1. The number of methoxy groups -OCH3 is 1. The van der Waals surface area contributed by atoms with Crippen molar-refractivity contribution < 1.29 is 13.9 Å². The Morgan fingerprint density at radius 1 is 1.45 bits per heavy atom. The van der Waals surface area contributed by atoms with Crippen molar-refractivity contribution in [2.24, 2.45) is 0 Å². The van der Waals surface area contributed by atoms with Crippen LogP contribution < -0.4 is 0 Å². The summed E-state index contributed by atoms with van der Waals surface area (Å²) < 4.78 is 18.4. The molecule has 0 aromatic heterocycles. The summed E-state index contributed by atoms with van der Waals surface area (Å²) in [6, 6.07) is 6.67. The number of hydrogen-bond acceptors (Lipinski definition) is 3. The molecule has 1 aromatic carbocycles. The van der Waals surface area contributed by atoms with Gasteiger partial charge in [-0.1, -0.05) is 31.2 Å². The van der Waals surface area contributed by atoms with Gasteiger partial charge in [0, 0.05) is 23.7 Å². The summed E-state index contributed by atoms with van der Waals surface area (Å²) in [6.07, 6.45) is 2.46. The minimum Gasteiger partial charge on any atom is -0.466 e. The molecule has 0 radical (unpaired) electrons. The van der Waals surface area contributed by atoms with Crippen LogP contribution in [-0.4, -0.2) is 31.6 Å². The lowest BCUT2D eigenvalue weighted by molar-refractivity contribution is -0.136. The van der Waals surface area contributed by atoms with Crippen LogP contribution in [0.3, 0.4) is 0 Å². The molecule has 110 valence electrons. The average molecular weight is 279 g/mol. The lowest BCUT2D eigenvalue weighted by Gasteiger charge is -2.24. The highest BCUT2D eigenvalue weighted by Gasteiger charge is 2.15. The maximum atomic E-state index is 13.7. The lowest BCUT2D eigenvalue weighted by Crippen LogP contribution is -2.24. The summed E-state index contributed by atoms with van der Waals surface area (Å²) >= 11 is 0. The summed E-state index contributed by atoms with van der Waals surface area (Å²) in [7, 11) is 3.27. The van der Waals surface area contributed by atoms with E-state index in [1.807, 2.05) is 37.9 Å². The maximum Gasteiger partial charge on any atom is 0.333 e. The minimum atomic E-state index is -0.306. The van der Waals surface area contributed by atoms with Crippen LogP contribution in [0, 0.1) is 5.82 Å². The second-order valence-corrected chi connectivity index (χ2v) is 4.71. The zero-order chi connectivity index (χ0) is 15.1. The van der Waals surface area contributed by atoms with Gasteiger partial charge in [-0.25, -0.2) is 9.18 Å². The highest BCUT2D eigenvalue weighted by atomic mass is 19.1. The Balaban J connectivity index is 2.76. The van der Waals surface area contributed by atoms with Gasteiger partial charge in [-0.15, -0.1) is 0 Å². The van der Waals surface area contributed by atoms with Crippen molar-refractivity contribution in [3.8, 4) is 0 Å². The first-order valence-electron chi connectivity index (χ1n) is 6.73. The first-order valence-corrected chi connectivity index (χ1v) is 6.73. The minimum absolute atomic E-state index is 0.0665. The van der Waals surface area contributed by atoms with Crippen molar-refractivity contribution in [2.45, 2.75) is 26.3 Å². The van der Waals surface area contributed by atoms with E-state index < -0.39 is 0 Å². The molecule has 0 saturated heterocycles. The molecule has 1 unspecified atom stereocenters. The molecular weight excluding hydrogens is 257 g/mol. The van der Waals surface area contributed by atoms with E-state index in [2.05, 4.69) is 0 Å². The van der Waals surface area contributed by atoms with E-state index in [1.54, 1.807) is 12.1 Å². The fourth-order valence-electron chi connectivity index (χ4n) is 1.97. The molecule has 0 bridgehead atoms. The number of halogens is 1. The molecule has 3 nitrogen and oxygen atoms in total. The molecule has 0 N–H and O–H groups in total. The number of rotatable bonds is 6. The quantitative estimate of drug-likeness (QED) is 0.591. The molecule has 0 amide bonds. The van der Waals surface area contributed by atoms with Crippen LogP contribution in [0.4, 0.5) is 4.39 Å². The van der Waals surface area contributed by atoms with Gasteiger partial charge in [0.1, 0.15) is 5.82 Å². The fourth-order valence-corrected chi connectivity index (χ4v) is 1.97. The molecule has 0 aliphatic carbocycles. The number of hydrogen-bond donors (Lipinski definition) is 0. The van der Waals surface area contributed by atoms with Crippen molar-refractivity contribution in [3.05, 3.63) is 47.3 Å². The average Bonchev–Trinajstić information content (AvgIpc) is 2.47. The van der Waals surface area contributed by atoms with Crippen molar-refractivity contribution in [3.63, 3.8) is 0 Å². The van der Waals surface area contributed by atoms with Gasteiger partial charge in [0.05, 0.1) is 7.11 Å². The van der Waals surface area contributed by atoms with Crippen LogP contribution in [-0.2, 0) is 9.53 Å². The summed E-state index contributed by atoms with van der Waals surface area (Å²) in [5.41, 5.74) is 1.29. The van der Waals surface area contributed by atoms with E-state index in [1.165, 1.54) is 13.2 Å². The molecule has 0 aliphatic heterocycles.